The first-order valence-electron chi connectivity index (χ1n) is 5.12. The largest absolute Gasteiger partial charge is 0.388 e. The van der Waals surface area contributed by atoms with Crippen molar-refractivity contribution >= 4 is 38.6 Å². The second kappa shape index (κ2) is 5.45. The monoisotopic (exact) mass is 316 g/mol. The predicted molar refractivity (Wildman–Crippen MR) is 74.4 cm³/mol. The number of aliphatic hydroxyl groups excluding tert-OH is 1. The summed E-state index contributed by atoms with van der Waals surface area (Å²) in [5.74, 6) is 0. The molecule has 0 fully saturated rings. The molecule has 4 heteroatoms. The highest BCUT2D eigenvalue weighted by Gasteiger charge is 2.12. The zero-order valence-corrected chi connectivity index (χ0v) is 12.2. The number of hydrogen-bond acceptors (Lipinski definition) is 3. The van der Waals surface area contributed by atoms with E-state index in [4.69, 9.17) is 0 Å². The van der Waals surface area contributed by atoms with Crippen LogP contribution in [-0.2, 0) is 6.42 Å². The van der Waals surface area contributed by atoms with E-state index in [2.05, 4.69) is 45.7 Å². The average molecular weight is 317 g/mol. The molecule has 1 N–H and O–H groups in total. The first kappa shape index (κ1) is 12.3. The van der Waals surface area contributed by atoms with Gasteiger partial charge in [-0.15, -0.1) is 11.3 Å². The lowest BCUT2D eigenvalue weighted by Gasteiger charge is -2.06. The Hall–Kier alpha value is -0.160. The van der Waals surface area contributed by atoms with Crippen molar-refractivity contribution in [1.82, 2.24) is 0 Å². The topological polar surface area (TPSA) is 20.2 Å². The van der Waals surface area contributed by atoms with E-state index < -0.39 is 0 Å². The summed E-state index contributed by atoms with van der Waals surface area (Å²) < 4.78 is 1.12. The van der Waals surface area contributed by atoms with Gasteiger partial charge in [0.2, 0.25) is 0 Å². The Morgan fingerprint density at radius 1 is 1.50 bits per heavy atom. The van der Waals surface area contributed by atoms with Gasteiger partial charge in [-0.1, -0.05) is 0 Å². The van der Waals surface area contributed by atoms with Crippen molar-refractivity contribution in [2.75, 3.05) is 0 Å². The molecule has 1 unspecified atom stereocenters. The molecular weight excluding hydrogens is 304 g/mol. The van der Waals surface area contributed by atoms with E-state index in [1.807, 2.05) is 0 Å². The van der Waals surface area contributed by atoms with Gasteiger partial charge in [0.25, 0.3) is 0 Å². The van der Waals surface area contributed by atoms with Gasteiger partial charge in [-0.3, -0.25) is 0 Å². The van der Waals surface area contributed by atoms with Gasteiger partial charge in [-0.05, 0) is 69.7 Å². The minimum atomic E-state index is -0.338. The Balaban J connectivity index is 1.95. The fourth-order valence-corrected chi connectivity index (χ4v) is 3.82. The lowest BCUT2D eigenvalue weighted by Crippen LogP contribution is -1.96. The predicted octanol–water partition coefficient (Wildman–Crippen LogP) is 4.55. The van der Waals surface area contributed by atoms with E-state index in [0.717, 1.165) is 21.5 Å². The third kappa shape index (κ3) is 2.94. The van der Waals surface area contributed by atoms with Crippen molar-refractivity contribution in [2.24, 2.45) is 0 Å². The van der Waals surface area contributed by atoms with Gasteiger partial charge in [0.05, 0.1) is 9.89 Å². The zero-order valence-electron chi connectivity index (χ0n) is 8.94. The Labute approximate surface area is 112 Å². The Bertz CT molecular complexity index is 428. The van der Waals surface area contributed by atoms with Crippen molar-refractivity contribution < 1.29 is 5.11 Å². The molecule has 0 saturated heterocycles. The summed E-state index contributed by atoms with van der Waals surface area (Å²) in [7, 11) is 0. The molecule has 86 valence electrons. The van der Waals surface area contributed by atoms with Crippen molar-refractivity contribution in [3.8, 4) is 0 Å². The lowest BCUT2D eigenvalue weighted by molar-refractivity contribution is 0.171. The number of aliphatic hydroxyl groups is 1. The SMILES string of the molecule is Cc1cc(C(O)CCc2ccsc2)sc1Br. The smallest absolute Gasteiger partial charge is 0.0885 e. The van der Waals surface area contributed by atoms with Crippen LogP contribution in [0.4, 0.5) is 0 Å². The van der Waals surface area contributed by atoms with E-state index in [-0.39, 0.29) is 6.10 Å². The number of halogens is 1. The summed E-state index contributed by atoms with van der Waals surface area (Å²) in [6, 6.07) is 4.18. The summed E-state index contributed by atoms with van der Waals surface area (Å²) in [6.45, 7) is 2.05. The molecular formula is C12H13BrOS2. The van der Waals surface area contributed by atoms with Crippen molar-refractivity contribution in [3.63, 3.8) is 0 Å². The molecule has 2 aromatic heterocycles. The molecule has 0 aromatic carbocycles. The highest BCUT2D eigenvalue weighted by Crippen LogP contribution is 2.33. The zero-order chi connectivity index (χ0) is 11.5. The Morgan fingerprint density at radius 2 is 2.31 bits per heavy atom. The second-order valence-electron chi connectivity index (χ2n) is 3.79. The van der Waals surface area contributed by atoms with Gasteiger partial charge in [-0.2, -0.15) is 11.3 Å². The molecule has 0 amide bonds. The molecule has 1 atom stereocenters. The quantitative estimate of drug-likeness (QED) is 0.877. The first-order chi connectivity index (χ1) is 7.66. The van der Waals surface area contributed by atoms with E-state index >= 15 is 0 Å². The van der Waals surface area contributed by atoms with Gasteiger partial charge in [0.1, 0.15) is 0 Å². The fourth-order valence-electron chi connectivity index (χ4n) is 1.53. The molecule has 2 rings (SSSR count). The van der Waals surface area contributed by atoms with Crippen LogP contribution in [0.3, 0.4) is 0 Å². The van der Waals surface area contributed by atoms with Crippen LogP contribution in [0.2, 0.25) is 0 Å². The van der Waals surface area contributed by atoms with Crippen LogP contribution in [0, 0.1) is 6.92 Å². The highest BCUT2D eigenvalue weighted by molar-refractivity contribution is 9.11. The molecule has 0 aliphatic heterocycles. The van der Waals surface area contributed by atoms with Crippen LogP contribution in [0.15, 0.2) is 26.7 Å². The molecule has 2 aromatic rings. The summed E-state index contributed by atoms with van der Waals surface area (Å²) >= 11 is 6.82. The first-order valence-corrected chi connectivity index (χ1v) is 7.67. The Kier molecular flexibility index (Phi) is 4.19. The fraction of sp³-hybridized carbons (Fsp3) is 0.333. The second-order valence-corrected chi connectivity index (χ2v) is 6.97. The van der Waals surface area contributed by atoms with E-state index in [1.54, 1.807) is 22.7 Å². The van der Waals surface area contributed by atoms with Crippen molar-refractivity contribution in [3.05, 3.63) is 42.7 Å². The summed E-state index contributed by atoms with van der Waals surface area (Å²) in [6.07, 6.45) is 1.40. The van der Waals surface area contributed by atoms with Gasteiger partial charge in [-0.25, -0.2) is 0 Å². The molecule has 0 saturated carbocycles. The van der Waals surface area contributed by atoms with Crippen LogP contribution in [0.1, 0.15) is 28.5 Å². The van der Waals surface area contributed by atoms with Gasteiger partial charge < -0.3 is 5.11 Å². The van der Waals surface area contributed by atoms with Crippen LogP contribution >= 0.6 is 38.6 Å². The molecule has 0 radical (unpaired) electrons. The molecule has 0 spiro atoms. The molecule has 0 bridgehead atoms. The molecule has 1 nitrogen and oxygen atoms in total. The molecule has 2 heterocycles. The maximum absolute atomic E-state index is 10.1. The van der Waals surface area contributed by atoms with Gasteiger partial charge >= 0.3 is 0 Å². The minimum absolute atomic E-state index is 0.338. The van der Waals surface area contributed by atoms with E-state index in [1.165, 1.54) is 11.1 Å². The van der Waals surface area contributed by atoms with Crippen LogP contribution in [-0.4, -0.2) is 5.11 Å². The number of hydrogen-bond donors (Lipinski definition) is 1. The highest BCUT2D eigenvalue weighted by atomic mass is 79.9. The maximum Gasteiger partial charge on any atom is 0.0885 e. The maximum atomic E-state index is 10.1. The summed E-state index contributed by atoms with van der Waals surface area (Å²) in [4.78, 5) is 1.06. The summed E-state index contributed by atoms with van der Waals surface area (Å²) in [5.41, 5.74) is 2.52. The van der Waals surface area contributed by atoms with Crippen LogP contribution < -0.4 is 0 Å². The number of rotatable bonds is 4. The Morgan fingerprint density at radius 3 is 2.88 bits per heavy atom. The van der Waals surface area contributed by atoms with E-state index in [0.29, 0.717) is 0 Å². The third-order valence-corrected chi connectivity index (χ3v) is 5.46. The van der Waals surface area contributed by atoms with E-state index in [9.17, 15) is 5.11 Å². The molecule has 0 aliphatic carbocycles. The van der Waals surface area contributed by atoms with Crippen molar-refractivity contribution in [2.45, 2.75) is 25.9 Å². The lowest BCUT2D eigenvalue weighted by atomic mass is 10.1. The van der Waals surface area contributed by atoms with Crippen LogP contribution in [0.25, 0.3) is 0 Å². The minimum Gasteiger partial charge on any atom is -0.388 e. The standard InChI is InChI=1S/C12H13BrOS2/c1-8-6-11(16-12(8)13)10(14)3-2-9-4-5-15-7-9/h4-7,10,14H,2-3H2,1H3. The van der Waals surface area contributed by atoms with Gasteiger partial charge in [0, 0.05) is 4.88 Å². The average Bonchev–Trinajstić information content (AvgIpc) is 2.86. The molecule has 16 heavy (non-hydrogen) atoms. The summed E-state index contributed by atoms with van der Waals surface area (Å²) in [5, 5.41) is 14.3. The van der Waals surface area contributed by atoms with Gasteiger partial charge in [0.15, 0.2) is 0 Å². The third-order valence-electron chi connectivity index (χ3n) is 2.49. The normalized spacial score (nSPS) is 12.9. The number of thiophene rings is 2. The molecule has 0 aliphatic rings. The number of aryl methyl sites for hydroxylation is 2. The van der Waals surface area contributed by atoms with Crippen LogP contribution in [0.5, 0.6) is 0 Å². The van der Waals surface area contributed by atoms with Crippen molar-refractivity contribution in [1.29, 1.82) is 0 Å².